The maximum atomic E-state index is 12.5. The van der Waals surface area contributed by atoms with Crippen LogP contribution in [0.4, 0.5) is 13.2 Å². The van der Waals surface area contributed by atoms with Crippen LogP contribution in [0.1, 0.15) is 11.5 Å². The number of rotatable bonds is 3. The molecule has 1 aromatic heterocycles. The summed E-state index contributed by atoms with van der Waals surface area (Å²) in [5.41, 5.74) is 1.59. The Bertz CT molecular complexity index is 813. The van der Waals surface area contributed by atoms with Gasteiger partial charge in [-0.05, 0) is 31.2 Å². The Morgan fingerprint density at radius 1 is 1.13 bits per heavy atom. The lowest BCUT2D eigenvalue weighted by atomic mass is 10.2. The van der Waals surface area contributed by atoms with Crippen molar-refractivity contribution in [3.8, 4) is 11.4 Å². The molecule has 0 atom stereocenters. The van der Waals surface area contributed by atoms with Gasteiger partial charge < -0.3 is 4.52 Å². The van der Waals surface area contributed by atoms with Gasteiger partial charge in [0.2, 0.25) is 5.82 Å². The first kappa shape index (κ1) is 15.6. The molecule has 1 heterocycles. The minimum absolute atomic E-state index is 0.0999. The summed E-state index contributed by atoms with van der Waals surface area (Å²) in [5, 5.41) is 3.38. The third-order valence-corrected chi connectivity index (χ3v) is 3.91. The van der Waals surface area contributed by atoms with Crippen LogP contribution in [-0.2, 0) is 6.18 Å². The van der Waals surface area contributed by atoms with Gasteiger partial charge in [-0.2, -0.15) is 18.2 Å². The lowest BCUT2D eigenvalue weighted by Crippen LogP contribution is -2.04. The minimum Gasteiger partial charge on any atom is -0.329 e. The highest BCUT2D eigenvalue weighted by molar-refractivity contribution is 7.99. The number of hydrogen-bond acceptors (Lipinski definition) is 4. The van der Waals surface area contributed by atoms with Crippen molar-refractivity contribution in [1.82, 2.24) is 10.1 Å². The van der Waals surface area contributed by atoms with E-state index in [4.69, 9.17) is 0 Å². The molecular formula is C16H10F3N2OS. The standard InChI is InChI=1S/C16H10F3N2OS/c1-10-5-7-12(8-6-10)23-13-4-2-3-11(9-13)14-20-15(22-21-14)16(17,18)19/h2-3,5-9H,1H3. The fourth-order valence-electron chi connectivity index (χ4n) is 1.83. The van der Waals surface area contributed by atoms with Gasteiger partial charge in [0.1, 0.15) is 0 Å². The molecule has 7 heteroatoms. The smallest absolute Gasteiger partial charge is 0.329 e. The fraction of sp³-hybridized carbons (Fsp3) is 0.125. The molecule has 0 saturated heterocycles. The van der Waals surface area contributed by atoms with Crippen LogP contribution in [0.2, 0.25) is 0 Å². The van der Waals surface area contributed by atoms with Crippen molar-refractivity contribution in [3.63, 3.8) is 0 Å². The van der Waals surface area contributed by atoms with Crippen molar-refractivity contribution in [2.75, 3.05) is 0 Å². The number of aryl methyl sites for hydroxylation is 1. The second-order valence-corrected chi connectivity index (χ2v) is 5.89. The Morgan fingerprint density at radius 2 is 1.87 bits per heavy atom. The summed E-state index contributed by atoms with van der Waals surface area (Å²) in [6.45, 7) is 2.00. The third-order valence-electron chi connectivity index (χ3n) is 2.95. The van der Waals surface area contributed by atoms with E-state index in [0.717, 1.165) is 15.4 Å². The molecule has 0 bridgehead atoms. The molecule has 117 valence electrons. The van der Waals surface area contributed by atoms with E-state index in [1.165, 1.54) is 11.8 Å². The molecule has 0 N–H and O–H groups in total. The number of alkyl halides is 3. The average Bonchev–Trinajstić information content (AvgIpc) is 3.00. The zero-order chi connectivity index (χ0) is 16.4. The van der Waals surface area contributed by atoms with Crippen molar-refractivity contribution >= 4 is 11.8 Å². The molecule has 0 fully saturated rings. The van der Waals surface area contributed by atoms with Gasteiger partial charge in [-0.1, -0.05) is 46.7 Å². The molecule has 0 spiro atoms. The van der Waals surface area contributed by atoms with E-state index in [1.807, 2.05) is 31.2 Å². The lowest BCUT2D eigenvalue weighted by molar-refractivity contribution is -0.159. The molecule has 0 aliphatic carbocycles. The van der Waals surface area contributed by atoms with E-state index in [0.29, 0.717) is 5.56 Å². The van der Waals surface area contributed by atoms with Crippen molar-refractivity contribution in [1.29, 1.82) is 0 Å². The quantitative estimate of drug-likeness (QED) is 0.674. The van der Waals surface area contributed by atoms with E-state index in [9.17, 15) is 13.2 Å². The number of benzene rings is 2. The molecule has 3 rings (SSSR count). The monoisotopic (exact) mass is 335 g/mol. The molecule has 0 unspecified atom stereocenters. The fourth-order valence-corrected chi connectivity index (χ4v) is 2.67. The van der Waals surface area contributed by atoms with E-state index < -0.39 is 12.1 Å². The van der Waals surface area contributed by atoms with E-state index in [1.54, 1.807) is 18.2 Å². The first-order valence-electron chi connectivity index (χ1n) is 6.59. The van der Waals surface area contributed by atoms with Crippen molar-refractivity contribution in [3.05, 3.63) is 60.0 Å². The van der Waals surface area contributed by atoms with E-state index in [2.05, 4.69) is 20.7 Å². The van der Waals surface area contributed by atoms with Gasteiger partial charge >= 0.3 is 12.1 Å². The number of hydrogen-bond donors (Lipinski definition) is 0. The largest absolute Gasteiger partial charge is 0.471 e. The van der Waals surface area contributed by atoms with Gasteiger partial charge in [0.05, 0.1) is 0 Å². The van der Waals surface area contributed by atoms with Crippen LogP contribution < -0.4 is 0 Å². The first-order chi connectivity index (χ1) is 10.9. The highest BCUT2D eigenvalue weighted by atomic mass is 32.2. The topological polar surface area (TPSA) is 38.9 Å². The Balaban J connectivity index is 1.85. The molecule has 0 saturated carbocycles. The van der Waals surface area contributed by atoms with E-state index in [-0.39, 0.29) is 5.82 Å². The second kappa shape index (κ2) is 6.08. The predicted molar refractivity (Wildman–Crippen MR) is 78.9 cm³/mol. The van der Waals surface area contributed by atoms with E-state index >= 15 is 0 Å². The van der Waals surface area contributed by atoms with Crippen LogP contribution in [0.25, 0.3) is 11.4 Å². The summed E-state index contributed by atoms with van der Waals surface area (Å²) >= 11 is 1.45. The number of halogens is 3. The Labute approximate surface area is 134 Å². The maximum Gasteiger partial charge on any atom is 0.471 e. The molecule has 3 nitrogen and oxygen atoms in total. The normalized spacial score (nSPS) is 11.7. The molecule has 0 aliphatic rings. The van der Waals surface area contributed by atoms with Crippen LogP contribution in [0.3, 0.4) is 0 Å². The number of nitrogens with zero attached hydrogens (tertiary/aromatic N) is 2. The summed E-state index contributed by atoms with van der Waals surface area (Å²) in [7, 11) is 0. The molecule has 0 amide bonds. The maximum absolute atomic E-state index is 12.5. The second-order valence-electron chi connectivity index (χ2n) is 4.78. The average molecular weight is 335 g/mol. The summed E-state index contributed by atoms with van der Waals surface area (Å²) in [6.07, 6.45) is -4.65. The Hall–Kier alpha value is -2.28. The third kappa shape index (κ3) is 3.73. The molecule has 3 aromatic rings. The van der Waals surface area contributed by atoms with Gasteiger partial charge in [-0.3, -0.25) is 0 Å². The zero-order valence-corrected chi connectivity index (χ0v) is 12.7. The van der Waals surface area contributed by atoms with Crippen LogP contribution >= 0.6 is 11.8 Å². The molecule has 2 aromatic carbocycles. The predicted octanol–water partition coefficient (Wildman–Crippen LogP) is 5.02. The summed E-state index contributed by atoms with van der Waals surface area (Å²) in [6, 6.07) is 15.8. The Morgan fingerprint density at radius 3 is 2.52 bits per heavy atom. The first-order valence-corrected chi connectivity index (χ1v) is 7.41. The van der Waals surface area contributed by atoms with Gasteiger partial charge in [-0.15, -0.1) is 0 Å². The minimum atomic E-state index is -4.65. The summed E-state index contributed by atoms with van der Waals surface area (Å²) in [4.78, 5) is 5.15. The zero-order valence-electron chi connectivity index (χ0n) is 11.9. The van der Waals surface area contributed by atoms with Crippen LogP contribution in [0, 0.1) is 13.0 Å². The summed E-state index contributed by atoms with van der Waals surface area (Å²) < 4.78 is 41.8. The van der Waals surface area contributed by atoms with Gasteiger partial charge in [-0.25, -0.2) is 0 Å². The van der Waals surface area contributed by atoms with Crippen LogP contribution in [0.15, 0.2) is 56.8 Å². The van der Waals surface area contributed by atoms with Crippen molar-refractivity contribution in [2.24, 2.45) is 0 Å². The molecule has 1 radical (unpaired) electrons. The SMILES string of the molecule is Cc1ccc(Sc2[c]ccc(-c3noc(C(F)(F)F)n3)c2)cc1. The lowest BCUT2D eigenvalue weighted by Gasteiger charge is -2.03. The Kier molecular flexibility index (Phi) is 4.12. The van der Waals surface area contributed by atoms with Gasteiger partial charge in [0.15, 0.2) is 0 Å². The summed E-state index contributed by atoms with van der Waals surface area (Å²) in [5.74, 6) is -1.45. The van der Waals surface area contributed by atoms with Gasteiger partial charge in [0, 0.05) is 15.4 Å². The van der Waals surface area contributed by atoms with Crippen LogP contribution in [0.5, 0.6) is 0 Å². The molecular weight excluding hydrogens is 325 g/mol. The van der Waals surface area contributed by atoms with Crippen LogP contribution in [-0.4, -0.2) is 10.1 Å². The number of aromatic nitrogens is 2. The molecule has 0 aliphatic heterocycles. The highest BCUT2D eigenvalue weighted by Crippen LogP contribution is 2.32. The van der Waals surface area contributed by atoms with Gasteiger partial charge in [0.25, 0.3) is 0 Å². The van der Waals surface area contributed by atoms with Crippen molar-refractivity contribution in [2.45, 2.75) is 22.9 Å². The van der Waals surface area contributed by atoms with Crippen molar-refractivity contribution < 1.29 is 17.7 Å². The highest BCUT2D eigenvalue weighted by Gasteiger charge is 2.38. The molecule has 23 heavy (non-hydrogen) atoms.